The molecule has 0 heterocycles. The second kappa shape index (κ2) is 20.6. The van der Waals surface area contributed by atoms with Crippen molar-refractivity contribution in [2.24, 2.45) is 0 Å². The van der Waals surface area contributed by atoms with Crippen LogP contribution in [0, 0.1) is 0 Å². The Kier molecular flexibility index (Phi) is 15.5. The fourth-order valence-corrected chi connectivity index (χ4v) is 5.01. The average molecular weight is 671 g/mol. The Hall–Kier alpha value is -4.78. The highest BCUT2D eigenvalue weighted by Gasteiger charge is 2.10. The number of phenols is 1. The second-order valence-electron chi connectivity index (χ2n) is 11.5. The van der Waals surface area contributed by atoms with Crippen LogP contribution in [0.2, 0.25) is 0 Å². The average Bonchev–Trinajstić information content (AvgIpc) is 3.11. The molecule has 4 aromatic rings. The lowest BCUT2D eigenvalue weighted by Crippen LogP contribution is -2.22. The number of carbonyl (C=O) groups excluding carboxylic acids is 2. The van der Waals surface area contributed by atoms with E-state index in [9.17, 15) is 24.9 Å². The zero-order valence-electron chi connectivity index (χ0n) is 27.6. The first-order chi connectivity index (χ1) is 23.9. The van der Waals surface area contributed by atoms with Crippen molar-refractivity contribution in [3.05, 3.63) is 119 Å². The van der Waals surface area contributed by atoms with E-state index in [1.54, 1.807) is 66.7 Å². The molecule has 4 rings (SSSR count). The molecule has 11 heteroatoms. The molecule has 0 aliphatic carbocycles. The molecule has 0 aliphatic rings. The Morgan fingerprint density at radius 2 is 1.39 bits per heavy atom. The summed E-state index contributed by atoms with van der Waals surface area (Å²) in [5, 5.41) is 41.0. The zero-order valence-corrected chi connectivity index (χ0v) is 27.6. The van der Waals surface area contributed by atoms with Crippen LogP contribution in [0.5, 0.6) is 5.75 Å². The molecule has 0 aliphatic heterocycles. The summed E-state index contributed by atoms with van der Waals surface area (Å²) < 4.78 is 11.4. The Bertz CT molecular complexity index is 1600. The van der Waals surface area contributed by atoms with Gasteiger partial charge in [-0.15, -0.1) is 0 Å². The minimum absolute atomic E-state index is 0.0242. The molecule has 260 valence electrons. The number of ether oxygens (including phenoxy) is 2. The van der Waals surface area contributed by atoms with Crippen LogP contribution in [0.3, 0.4) is 0 Å². The summed E-state index contributed by atoms with van der Waals surface area (Å²) in [5.74, 6) is -0.206. The number of aromatic hydroxyl groups is 1. The molecule has 4 aromatic carbocycles. The van der Waals surface area contributed by atoms with E-state index in [1.807, 2.05) is 24.3 Å². The number of rotatable bonds is 20. The number of aliphatic hydroxyl groups is 2. The number of unbranched alkanes of at least 4 members (excludes halogenated alkanes) is 3. The van der Waals surface area contributed by atoms with Gasteiger partial charge >= 0.3 is 6.03 Å². The zero-order chi connectivity index (χ0) is 34.7. The van der Waals surface area contributed by atoms with E-state index in [2.05, 4.69) is 21.3 Å². The summed E-state index contributed by atoms with van der Waals surface area (Å²) in [6.45, 7) is 2.94. The fraction of sp³-hybridized carbons (Fsp3) is 0.316. The van der Waals surface area contributed by atoms with Gasteiger partial charge in [-0.3, -0.25) is 4.79 Å². The predicted octanol–water partition coefficient (Wildman–Crippen LogP) is 6.20. The van der Waals surface area contributed by atoms with Crippen LogP contribution >= 0.6 is 0 Å². The number of hydrogen-bond acceptors (Lipinski definition) is 8. The quantitative estimate of drug-likeness (QED) is 0.0548. The maximum Gasteiger partial charge on any atom is 0.323 e. The summed E-state index contributed by atoms with van der Waals surface area (Å²) in [7, 11) is 0. The third-order valence-corrected chi connectivity index (χ3v) is 7.63. The standard InChI is InChI=1S/C38H46N4O7/c43-26-31-23-30(16-17-35(31)44)36(45)25-39-18-6-1-2-7-19-48-20-21-49-27-28-10-8-13-32(22-28)41-38(47)42-34-15-9-14-33(24-34)40-37(46)29-11-4-3-5-12-29/h3-5,8-17,22-24,36,39,43-45H,1-2,6-7,18-21,25-27H2,(H,40,46)(H2,41,42,47)/t36-/m1/s1. The van der Waals surface area contributed by atoms with Gasteiger partial charge in [0.2, 0.25) is 0 Å². The molecule has 11 nitrogen and oxygen atoms in total. The Morgan fingerprint density at radius 1 is 0.694 bits per heavy atom. The van der Waals surface area contributed by atoms with Crippen molar-refractivity contribution in [1.29, 1.82) is 0 Å². The van der Waals surface area contributed by atoms with Gasteiger partial charge in [-0.1, -0.05) is 55.3 Å². The van der Waals surface area contributed by atoms with E-state index in [0.717, 1.165) is 37.8 Å². The number of amides is 3. The molecule has 0 saturated heterocycles. The van der Waals surface area contributed by atoms with Crippen molar-refractivity contribution in [1.82, 2.24) is 5.32 Å². The second-order valence-corrected chi connectivity index (χ2v) is 11.5. The van der Waals surface area contributed by atoms with E-state index >= 15 is 0 Å². The lowest BCUT2D eigenvalue weighted by molar-refractivity contribution is 0.0393. The number of anilines is 3. The summed E-state index contributed by atoms with van der Waals surface area (Å²) in [6.07, 6.45) is 3.35. The molecule has 0 aromatic heterocycles. The van der Waals surface area contributed by atoms with Crippen molar-refractivity contribution in [3.63, 3.8) is 0 Å². The molecule has 0 saturated carbocycles. The number of aliphatic hydroxyl groups excluding tert-OH is 2. The van der Waals surface area contributed by atoms with E-state index < -0.39 is 12.1 Å². The fourth-order valence-electron chi connectivity index (χ4n) is 5.01. The van der Waals surface area contributed by atoms with Crippen LogP contribution in [-0.2, 0) is 22.7 Å². The summed E-state index contributed by atoms with van der Waals surface area (Å²) >= 11 is 0. The smallest absolute Gasteiger partial charge is 0.323 e. The van der Waals surface area contributed by atoms with Gasteiger partial charge in [0, 0.05) is 41.3 Å². The predicted molar refractivity (Wildman–Crippen MR) is 191 cm³/mol. The SMILES string of the molecule is O=C(Nc1cccc(COCCOCCCCCCNC[C@@H](O)c2ccc(O)c(CO)c2)c1)Nc1cccc(NC(=O)c2ccccc2)c1. The molecule has 0 spiro atoms. The molecule has 1 atom stereocenters. The van der Waals surface area contributed by atoms with Crippen LogP contribution in [0.15, 0.2) is 97.1 Å². The van der Waals surface area contributed by atoms with Crippen LogP contribution < -0.4 is 21.3 Å². The van der Waals surface area contributed by atoms with Gasteiger partial charge in [0.05, 0.1) is 32.5 Å². The van der Waals surface area contributed by atoms with Gasteiger partial charge in [0.25, 0.3) is 5.91 Å². The molecule has 3 amide bonds. The number of urea groups is 1. The van der Waals surface area contributed by atoms with Gasteiger partial charge in [-0.2, -0.15) is 0 Å². The first-order valence-corrected chi connectivity index (χ1v) is 16.5. The molecule has 0 fully saturated rings. The number of hydrogen-bond donors (Lipinski definition) is 7. The normalized spacial score (nSPS) is 11.6. The van der Waals surface area contributed by atoms with Gasteiger partial charge in [0.15, 0.2) is 0 Å². The number of carbonyl (C=O) groups is 2. The maximum atomic E-state index is 12.6. The minimum Gasteiger partial charge on any atom is -0.508 e. The highest BCUT2D eigenvalue weighted by molar-refractivity contribution is 6.05. The van der Waals surface area contributed by atoms with Crippen LogP contribution in [0.4, 0.5) is 21.9 Å². The summed E-state index contributed by atoms with van der Waals surface area (Å²) in [4.78, 5) is 25.1. The third-order valence-electron chi connectivity index (χ3n) is 7.63. The van der Waals surface area contributed by atoms with Crippen LogP contribution in [0.1, 0.15) is 58.8 Å². The van der Waals surface area contributed by atoms with E-state index in [0.29, 0.717) is 66.7 Å². The largest absolute Gasteiger partial charge is 0.508 e. The third kappa shape index (κ3) is 13.3. The molecule has 0 bridgehead atoms. The molecular weight excluding hydrogens is 624 g/mol. The number of benzene rings is 4. The van der Waals surface area contributed by atoms with E-state index in [1.165, 1.54) is 6.07 Å². The molecule has 7 N–H and O–H groups in total. The van der Waals surface area contributed by atoms with Crippen molar-refractivity contribution in [2.75, 3.05) is 48.9 Å². The van der Waals surface area contributed by atoms with Gasteiger partial charge in [-0.05, 0) is 85.1 Å². The monoisotopic (exact) mass is 670 g/mol. The Balaban J connectivity index is 1.02. The first kappa shape index (κ1) is 37.0. The molecule has 0 unspecified atom stereocenters. The molecule has 49 heavy (non-hydrogen) atoms. The van der Waals surface area contributed by atoms with Crippen LogP contribution in [-0.4, -0.2) is 60.2 Å². The Morgan fingerprint density at radius 3 is 2.16 bits per heavy atom. The maximum absolute atomic E-state index is 12.6. The molecular formula is C38H46N4O7. The van der Waals surface area contributed by atoms with Crippen molar-refractivity contribution < 1.29 is 34.4 Å². The summed E-state index contributed by atoms with van der Waals surface area (Å²) in [6, 6.07) is 27.7. The topological polar surface area (TPSA) is 161 Å². The van der Waals surface area contributed by atoms with Gasteiger partial charge in [0.1, 0.15) is 5.75 Å². The van der Waals surface area contributed by atoms with Crippen molar-refractivity contribution >= 4 is 29.0 Å². The van der Waals surface area contributed by atoms with Crippen molar-refractivity contribution in [3.8, 4) is 5.75 Å². The lowest BCUT2D eigenvalue weighted by atomic mass is 10.1. The lowest BCUT2D eigenvalue weighted by Gasteiger charge is -2.14. The summed E-state index contributed by atoms with van der Waals surface area (Å²) in [5.41, 5.74) is 4.27. The highest BCUT2D eigenvalue weighted by atomic mass is 16.5. The minimum atomic E-state index is -0.702. The highest BCUT2D eigenvalue weighted by Crippen LogP contribution is 2.22. The van der Waals surface area contributed by atoms with E-state index in [-0.39, 0.29) is 18.3 Å². The first-order valence-electron chi connectivity index (χ1n) is 16.5. The van der Waals surface area contributed by atoms with Gasteiger partial charge in [-0.25, -0.2) is 4.79 Å². The van der Waals surface area contributed by atoms with Crippen molar-refractivity contribution in [2.45, 2.75) is 45.0 Å². The van der Waals surface area contributed by atoms with E-state index in [4.69, 9.17) is 9.47 Å². The Labute approximate surface area is 287 Å². The number of nitrogens with one attached hydrogen (secondary N) is 4. The van der Waals surface area contributed by atoms with Gasteiger partial charge < -0.3 is 46.1 Å². The van der Waals surface area contributed by atoms with Crippen LogP contribution in [0.25, 0.3) is 0 Å². The molecule has 0 radical (unpaired) electrons.